The molecule has 1 unspecified atom stereocenters. The van der Waals surface area contributed by atoms with Crippen molar-refractivity contribution in [2.24, 2.45) is 0 Å². The number of carbonyl (C=O) groups excluding carboxylic acids is 3. The van der Waals surface area contributed by atoms with Crippen molar-refractivity contribution < 1.29 is 19.1 Å². The maximum absolute atomic E-state index is 11.3. The van der Waals surface area contributed by atoms with Gasteiger partial charge in [0.25, 0.3) is 0 Å². The van der Waals surface area contributed by atoms with E-state index in [1.165, 1.54) is 13.0 Å². The molecule has 1 aromatic carbocycles. The van der Waals surface area contributed by atoms with Crippen LogP contribution in [0.3, 0.4) is 0 Å². The second-order valence-corrected chi connectivity index (χ2v) is 4.08. The molecule has 1 aliphatic rings. The molecule has 18 heavy (non-hydrogen) atoms. The maximum Gasteiger partial charge on any atom is 0.346 e. The third-order valence-corrected chi connectivity index (χ3v) is 2.85. The zero-order valence-electron chi connectivity index (χ0n) is 9.73. The molecule has 1 atom stereocenters. The number of anilines is 1. The number of cyclic esters (lactones) is 1. The first-order chi connectivity index (χ1) is 8.52. The first kappa shape index (κ1) is 12.1. The van der Waals surface area contributed by atoms with E-state index >= 15 is 0 Å². The Labute approximate surface area is 103 Å². The van der Waals surface area contributed by atoms with Gasteiger partial charge < -0.3 is 10.5 Å². The van der Waals surface area contributed by atoms with E-state index in [4.69, 9.17) is 10.5 Å². The number of ether oxygens (including phenoxy) is 1. The Balaban J connectivity index is 2.33. The highest BCUT2D eigenvalue weighted by molar-refractivity contribution is 5.99. The van der Waals surface area contributed by atoms with E-state index in [1.807, 2.05) is 0 Å². The molecule has 0 amide bonds. The second kappa shape index (κ2) is 4.47. The molecule has 0 radical (unpaired) electrons. The van der Waals surface area contributed by atoms with Crippen LogP contribution in [0.25, 0.3) is 0 Å². The lowest BCUT2D eigenvalue weighted by Gasteiger charge is -2.12. The number of esters is 1. The van der Waals surface area contributed by atoms with Crippen molar-refractivity contribution >= 4 is 23.4 Å². The van der Waals surface area contributed by atoms with Gasteiger partial charge in [0.15, 0.2) is 5.78 Å². The van der Waals surface area contributed by atoms with E-state index in [-0.39, 0.29) is 17.8 Å². The molecule has 92 valence electrons. The summed E-state index contributed by atoms with van der Waals surface area (Å²) in [5.41, 5.74) is 7.26. The summed E-state index contributed by atoms with van der Waals surface area (Å²) in [6.07, 6.45) is -0.415. The van der Waals surface area contributed by atoms with Gasteiger partial charge in [-0.3, -0.25) is 4.79 Å². The first-order valence-corrected chi connectivity index (χ1v) is 5.38. The average molecular weight is 245 g/mol. The van der Waals surface area contributed by atoms with E-state index in [0.717, 1.165) is 0 Å². The van der Waals surface area contributed by atoms with E-state index < -0.39 is 12.1 Å². The minimum absolute atomic E-state index is 0.0185. The summed E-state index contributed by atoms with van der Waals surface area (Å²) in [7, 11) is 0. The Kier molecular flexibility index (Phi) is 3.00. The molecule has 1 saturated heterocycles. The molecule has 0 saturated carbocycles. The molecule has 5 heteroatoms. The first-order valence-electron chi connectivity index (χ1n) is 5.38. The van der Waals surface area contributed by atoms with Crippen LogP contribution in [0.5, 0.6) is 0 Å². The average Bonchev–Trinajstić information content (AvgIpc) is 2.70. The molecular formula is C13H11NO4. The summed E-state index contributed by atoms with van der Waals surface area (Å²) in [5.74, 6) is 0.805. The Morgan fingerprint density at radius 3 is 2.72 bits per heavy atom. The van der Waals surface area contributed by atoms with Crippen LogP contribution >= 0.6 is 0 Å². The standard InChI is InChI=1S/C13H11NO4/c1-7(16)8-2-3-10(11(14)4-8)12-5-9(6-15)13(17)18-12/h2-4,12H,5,14H2,1H3. The molecule has 0 bridgehead atoms. The zero-order valence-corrected chi connectivity index (χ0v) is 9.73. The molecule has 0 spiro atoms. The number of ketones is 1. The third kappa shape index (κ3) is 2.04. The Hall–Kier alpha value is -2.39. The Morgan fingerprint density at radius 1 is 1.50 bits per heavy atom. The number of hydrogen-bond acceptors (Lipinski definition) is 5. The zero-order chi connectivity index (χ0) is 13.3. The molecule has 1 fully saturated rings. The van der Waals surface area contributed by atoms with E-state index in [2.05, 4.69) is 0 Å². The summed E-state index contributed by atoms with van der Waals surface area (Å²) in [6.45, 7) is 1.44. The molecule has 1 heterocycles. The number of nitrogen functional groups attached to an aromatic ring is 1. The quantitative estimate of drug-likeness (QED) is 0.278. The fourth-order valence-electron chi connectivity index (χ4n) is 1.85. The van der Waals surface area contributed by atoms with E-state index in [9.17, 15) is 14.4 Å². The number of nitrogens with two attached hydrogens (primary N) is 1. The van der Waals surface area contributed by atoms with Gasteiger partial charge in [-0.25, -0.2) is 9.59 Å². The molecule has 2 N–H and O–H groups in total. The van der Waals surface area contributed by atoms with Gasteiger partial charge in [0.2, 0.25) is 0 Å². The van der Waals surface area contributed by atoms with Crippen LogP contribution < -0.4 is 5.73 Å². The SMILES string of the molecule is CC(=O)c1ccc(C2CC(=C=O)C(=O)O2)c(N)c1. The van der Waals surface area contributed by atoms with Gasteiger partial charge in [-0.1, -0.05) is 12.1 Å². The maximum atomic E-state index is 11.3. The van der Waals surface area contributed by atoms with Crippen molar-refractivity contribution in [3.8, 4) is 0 Å². The smallest absolute Gasteiger partial charge is 0.346 e. The van der Waals surface area contributed by atoms with Crippen molar-refractivity contribution in [1.29, 1.82) is 0 Å². The van der Waals surface area contributed by atoms with Gasteiger partial charge in [-0.2, -0.15) is 0 Å². The monoisotopic (exact) mass is 245 g/mol. The fourth-order valence-corrected chi connectivity index (χ4v) is 1.85. The van der Waals surface area contributed by atoms with Crippen molar-refractivity contribution in [1.82, 2.24) is 0 Å². The highest BCUT2D eigenvalue weighted by Crippen LogP contribution is 2.35. The normalized spacial score (nSPS) is 18.4. The molecule has 0 aliphatic carbocycles. The van der Waals surface area contributed by atoms with Crippen LogP contribution in [0.1, 0.15) is 35.4 Å². The van der Waals surface area contributed by atoms with Crippen LogP contribution in [-0.2, 0) is 14.3 Å². The van der Waals surface area contributed by atoms with Crippen LogP contribution in [0.4, 0.5) is 5.69 Å². The second-order valence-electron chi connectivity index (χ2n) is 4.08. The van der Waals surface area contributed by atoms with Gasteiger partial charge in [-0.05, 0) is 13.0 Å². The van der Waals surface area contributed by atoms with Crippen LogP contribution in [-0.4, -0.2) is 17.7 Å². The third-order valence-electron chi connectivity index (χ3n) is 2.85. The van der Waals surface area contributed by atoms with Crippen LogP contribution in [0.2, 0.25) is 0 Å². The van der Waals surface area contributed by atoms with Gasteiger partial charge in [0.1, 0.15) is 17.6 Å². The largest absolute Gasteiger partial charge is 0.453 e. The highest BCUT2D eigenvalue weighted by Gasteiger charge is 2.32. The lowest BCUT2D eigenvalue weighted by molar-refractivity contribution is -0.138. The fraction of sp³-hybridized carbons (Fsp3) is 0.231. The van der Waals surface area contributed by atoms with Crippen LogP contribution in [0.15, 0.2) is 23.8 Å². The predicted octanol–water partition coefficient (Wildman–Crippen LogP) is 1.22. The molecule has 1 aromatic rings. The van der Waals surface area contributed by atoms with Crippen LogP contribution in [0, 0.1) is 0 Å². The topological polar surface area (TPSA) is 86.5 Å². The summed E-state index contributed by atoms with van der Waals surface area (Å²) >= 11 is 0. The molecular weight excluding hydrogens is 234 g/mol. The van der Waals surface area contributed by atoms with Gasteiger partial charge >= 0.3 is 5.97 Å². The summed E-state index contributed by atoms with van der Waals surface area (Å²) in [6, 6.07) is 4.79. The number of carbonyl (C=O) groups is 2. The molecule has 1 aliphatic heterocycles. The van der Waals surface area contributed by atoms with Gasteiger partial charge in [0, 0.05) is 23.2 Å². The Morgan fingerprint density at radius 2 is 2.22 bits per heavy atom. The predicted molar refractivity (Wildman–Crippen MR) is 63.5 cm³/mol. The van der Waals surface area contributed by atoms with Crippen molar-refractivity contribution in [2.45, 2.75) is 19.4 Å². The van der Waals surface area contributed by atoms with E-state index in [0.29, 0.717) is 16.8 Å². The summed E-state index contributed by atoms with van der Waals surface area (Å²) < 4.78 is 5.03. The minimum Gasteiger partial charge on any atom is -0.453 e. The summed E-state index contributed by atoms with van der Waals surface area (Å²) in [4.78, 5) is 32.9. The molecule has 5 nitrogen and oxygen atoms in total. The van der Waals surface area contributed by atoms with Crippen molar-refractivity contribution in [3.63, 3.8) is 0 Å². The van der Waals surface area contributed by atoms with Crippen molar-refractivity contribution in [2.75, 3.05) is 5.73 Å². The Bertz CT molecular complexity index is 585. The number of Topliss-reactive ketones (excluding diaryl/α,β-unsaturated/α-hetero) is 1. The number of benzene rings is 1. The summed E-state index contributed by atoms with van der Waals surface area (Å²) in [5, 5.41) is 0. The minimum atomic E-state index is -0.662. The number of rotatable bonds is 2. The highest BCUT2D eigenvalue weighted by atomic mass is 16.5. The lowest BCUT2D eigenvalue weighted by Crippen LogP contribution is -2.04. The lowest BCUT2D eigenvalue weighted by atomic mass is 10.00. The van der Waals surface area contributed by atoms with Crippen molar-refractivity contribution in [3.05, 3.63) is 34.9 Å². The molecule has 0 aromatic heterocycles. The molecule has 2 rings (SSSR count). The van der Waals surface area contributed by atoms with E-state index in [1.54, 1.807) is 18.1 Å². The number of hydrogen-bond donors (Lipinski definition) is 1. The van der Waals surface area contributed by atoms with Gasteiger partial charge in [0.05, 0.1) is 0 Å². The van der Waals surface area contributed by atoms with Gasteiger partial charge in [-0.15, -0.1) is 0 Å².